The Morgan fingerprint density at radius 1 is 0.941 bits per heavy atom. The molecule has 0 aliphatic carbocycles. The lowest BCUT2D eigenvalue weighted by Crippen LogP contribution is -2.30. The molecule has 174 valence electrons. The smallest absolute Gasteiger partial charge is 0.265 e. The zero-order valence-electron chi connectivity index (χ0n) is 19.7. The molecule has 4 rings (SSSR count). The molecule has 0 radical (unpaired) electrons. The van der Waals surface area contributed by atoms with Crippen LogP contribution in [0.2, 0.25) is 0 Å². The van der Waals surface area contributed by atoms with E-state index < -0.39 is 6.10 Å². The number of anilines is 1. The molecule has 34 heavy (non-hydrogen) atoms. The number of amides is 1. The van der Waals surface area contributed by atoms with Gasteiger partial charge in [-0.3, -0.25) is 9.59 Å². The fourth-order valence-corrected chi connectivity index (χ4v) is 3.60. The minimum absolute atomic E-state index is 0.0668. The van der Waals surface area contributed by atoms with Gasteiger partial charge in [0.1, 0.15) is 17.1 Å². The monoisotopic (exact) mass is 457 g/mol. The molecule has 1 aromatic heterocycles. The predicted molar refractivity (Wildman–Crippen MR) is 132 cm³/mol. The van der Waals surface area contributed by atoms with E-state index in [0.717, 1.165) is 11.1 Å². The van der Waals surface area contributed by atoms with Crippen molar-refractivity contribution in [3.8, 4) is 11.5 Å². The minimum atomic E-state index is -0.788. The van der Waals surface area contributed by atoms with E-state index in [9.17, 15) is 9.59 Å². The molecule has 0 saturated carbocycles. The van der Waals surface area contributed by atoms with Gasteiger partial charge in [-0.05, 0) is 87.4 Å². The Bertz CT molecular complexity index is 1340. The number of ether oxygens (including phenoxy) is 2. The Hall–Kier alpha value is -4.06. The van der Waals surface area contributed by atoms with Crippen LogP contribution in [0.3, 0.4) is 0 Å². The Balaban J connectivity index is 1.61. The number of nitrogens with one attached hydrogen (secondary N) is 1. The van der Waals surface area contributed by atoms with E-state index >= 15 is 0 Å². The van der Waals surface area contributed by atoms with E-state index in [1.165, 1.54) is 0 Å². The van der Waals surface area contributed by atoms with Gasteiger partial charge in [-0.15, -0.1) is 0 Å². The summed E-state index contributed by atoms with van der Waals surface area (Å²) in [5.41, 5.74) is 3.49. The average Bonchev–Trinajstić information content (AvgIpc) is 3.20. The molecule has 0 fully saturated rings. The van der Waals surface area contributed by atoms with E-state index in [1.54, 1.807) is 43.3 Å². The summed E-state index contributed by atoms with van der Waals surface area (Å²) < 4.78 is 17.2. The number of fused-ring (bicyclic) bond motifs is 1. The average molecular weight is 458 g/mol. The van der Waals surface area contributed by atoms with Crippen LogP contribution in [-0.2, 0) is 4.79 Å². The summed E-state index contributed by atoms with van der Waals surface area (Å²) in [5.74, 6) is 0.628. The van der Waals surface area contributed by atoms with Crippen molar-refractivity contribution >= 4 is 28.3 Å². The molecule has 3 aromatic carbocycles. The van der Waals surface area contributed by atoms with Gasteiger partial charge in [0, 0.05) is 10.9 Å². The molecule has 0 aliphatic heterocycles. The maximum atomic E-state index is 13.3. The second kappa shape index (κ2) is 9.83. The number of carbonyl (C=O) groups excluding carboxylic acids is 2. The highest BCUT2D eigenvalue weighted by molar-refractivity contribution is 6.17. The third-order valence-corrected chi connectivity index (χ3v) is 5.64. The molecule has 4 aromatic rings. The first-order valence-electron chi connectivity index (χ1n) is 11.2. The second-order valence-electron chi connectivity index (χ2n) is 8.08. The third kappa shape index (κ3) is 4.81. The first-order chi connectivity index (χ1) is 16.4. The van der Waals surface area contributed by atoms with Crippen LogP contribution in [0.5, 0.6) is 11.5 Å². The zero-order valence-corrected chi connectivity index (χ0v) is 19.7. The molecule has 0 aliphatic rings. The summed E-state index contributed by atoms with van der Waals surface area (Å²) >= 11 is 0. The fourth-order valence-electron chi connectivity index (χ4n) is 3.60. The topological polar surface area (TPSA) is 77.8 Å². The van der Waals surface area contributed by atoms with Crippen LogP contribution >= 0.6 is 0 Å². The van der Waals surface area contributed by atoms with Gasteiger partial charge in [-0.2, -0.15) is 0 Å². The van der Waals surface area contributed by atoms with Crippen molar-refractivity contribution in [2.75, 3.05) is 11.9 Å². The Kier molecular flexibility index (Phi) is 6.68. The standard InChI is InChI=1S/C28H27NO5/c1-5-32-21-14-11-20(12-15-21)26(30)27-25(23-8-6-7-9-24(23)34-27)29-28(31)19(4)33-22-13-10-17(2)18(3)16-22/h6-16,19H,5H2,1-4H3,(H,29,31). The van der Waals surface area contributed by atoms with Gasteiger partial charge >= 0.3 is 0 Å². The van der Waals surface area contributed by atoms with Crippen LogP contribution in [0.1, 0.15) is 41.1 Å². The number of aryl methyl sites for hydroxylation is 2. The van der Waals surface area contributed by atoms with E-state index in [1.807, 2.05) is 51.1 Å². The number of carbonyl (C=O) groups is 2. The highest BCUT2D eigenvalue weighted by atomic mass is 16.5. The van der Waals surface area contributed by atoms with Gasteiger partial charge in [0.05, 0.1) is 12.3 Å². The molecule has 1 heterocycles. The Morgan fingerprint density at radius 3 is 2.35 bits per heavy atom. The Labute approximate surface area is 198 Å². The van der Waals surface area contributed by atoms with Crippen LogP contribution in [0, 0.1) is 13.8 Å². The van der Waals surface area contributed by atoms with Crippen LogP contribution in [0.4, 0.5) is 5.69 Å². The lowest BCUT2D eigenvalue weighted by atomic mass is 10.1. The molecule has 6 heteroatoms. The lowest BCUT2D eigenvalue weighted by molar-refractivity contribution is -0.122. The molecule has 1 atom stereocenters. The van der Waals surface area contributed by atoms with Crippen LogP contribution < -0.4 is 14.8 Å². The molecule has 1 unspecified atom stereocenters. The van der Waals surface area contributed by atoms with Crippen molar-refractivity contribution in [2.24, 2.45) is 0 Å². The van der Waals surface area contributed by atoms with Crippen molar-refractivity contribution in [1.82, 2.24) is 0 Å². The number of para-hydroxylation sites is 1. The van der Waals surface area contributed by atoms with E-state index in [4.69, 9.17) is 13.9 Å². The molecule has 6 nitrogen and oxygen atoms in total. The van der Waals surface area contributed by atoms with Crippen LogP contribution in [-0.4, -0.2) is 24.4 Å². The molecule has 0 saturated heterocycles. The van der Waals surface area contributed by atoms with Crippen molar-refractivity contribution < 1.29 is 23.5 Å². The van der Waals surface area contributed by atoms with Crippen molar-refractivity contribution in [3.05, 3.63) is 89.2 Å². The SMILES string of the molecule is CCOc1ccc(C(=O)c2oc3ccccc3c2NC(=O)C(C)Oc2ccc(C)c(C)c2)cc1. The van der Waals surface area contributed by atoms with Crippen molar-refractivity contribution in [3.63, 3.8) is 0 Å². The largest absolute Gasteiger partial charge is 0.494 e. The number of hydrogen-bond acceptors (Lipinski definition) is 5. The highest BCUT2D eigenvalue weighted by Crippen LogP contribution is 2.33. The van der Waals surface area contributed by atoms with Gasteiger partial charge in [0.2, 0.25) is 5.78 Å². The van der Waals surface area contributed by atoms with Crippen molar-refractivity contribution in [1.29, 1.82) is 0 Å². The summed E-state index contributed by atoms with van der Waals surface area (Å²) in [6.45, 7) is 8.11. The maximum absolute atomic E-state index is 13.3. The molecule has 1 N–H and O–H groups in total. The predicted octanol–water partition coefficient (Wildman–Crippen LogP) is 6.09. The number of furan rings is 1. The fraction of sp³-hybridized carbons (Fsp3) is 0.214. The molecular weight excluding hydrogens is 430 g/mol. The number of benzene rings is 3. The number of hydrogen-bond donors (Lipinski definition) is 1. The van der Waals surface area contributed by atoms with Gasteiger partial charge in [0.25, 0.3) is 5.91 Å². The van der Waals surface area contributed by atoms with E-state index in [0.29, 0.717) is 40.3 Å². The van der Waals surface area contributed by atoms with Gasteiger partial charge < -0.3 is 19.2 Å². The quantitative estimate of drug-likeness (QED) is 0.324. The first-order valence-corrected chi connectivity index (χ1v) is 11.2. The molecular formula is C28H27NO5. The highest BCUT2D eigenvalue weighted by Gasteiger charge is 2.25. The first kappa shape index (κ1) is 23.1. The molecule has 1 amide bonds. The van der Waals surface area contributed by atoms with Gasteiger partial charge in [0.15, 0.2) is 11.9 Å². The van der Waals surface area contributed by atoms with Gasteiger partial charge in [-0.25, -0.2) is 0 Å². The van der Waals surface area contributed by atoms with E-state index in [2.05, 4.69) is 5.32 Å². The van der Waals surface area contributed by atoms with E-state index in [-0.39, 0.29) is 17.5 Å². The summed E-state index contributed by atoms with van der Waals surface area (Å²) in [6.07, 6.45) is -0.788. The summed E-state index contributed by atoms with van der Waals surface area (Å²) in [4.78, 5) is 26.3. The summed E-state index contributed by atoms with van der Waals surface area (Å²) in [5, 5.41) is 3.50. The van der Waals surface area contributed by atoms with Gasteiger partial charge in [-0.1, -0.05) is 18.2 Å². The minimum Gasteiger partial charge on any atom is -0.494 e. The maximum Gasteiger partial charge on any atom is 0.265 e. The number of rotatable bonds is 8. The lowest BCUT2D eigenvalue weighted by Gasteiger charge is -2.15. The third-order valence-electron chi connectivity index (χ3n) is 5.64. The van der Waals surface area contributed by atoms with Crippen LogP contribution in [0.25, 0.3) is 11.0 Å². The number of ketones is 1. The summed E-state index contributed by atoms with van der Waals surface area (Å²) in [7, 11) is 0. The van der Waals surface area contributed by atoms with Crippen LogP contribution in [0.15, 0.2) is 71.1 Å². The zero-order chi connectivity index (χ0) is 24.2. The second-order valence-corrected chi connectivity index (χ2v) is 8.08. The normalized spacial score (nSPS) is 11.8. The molecule has 0 bridgehead atoms. The van der Waals surface area contributed by atoms with Crippen molar-refractivity contribution in [2.45, 2.75) is 33.8 Å². The molecule has 0 spiro atoms. The Morgan fingerprint density at radius 2 is 1.65 bits per heavy atom. The summed E-state index contributed by atoms with van der Waals surface area (Å²) in [6, 6.07) is 19.7.